The number of piperidine rings is 1. The lowest BCUT2D eigenvalue weighted by Gasteiger charge is -2.30. The first-order valence-electron chi connectivity index (χ1n) is 8.79. The Hall–Kier alpha value is -2.17. The Morgan fingerprint density at radius 2 is 2.14 bits per heavy atom. The maximum atomic E-state index is 12.5. The van der Waals surface area contributed by atoms with E-state index in [-0.39, 0.29) is 19.0 Å². The number of benzene rings is 1. The number of nitrogens with one attached hydrogen (secondary N) is 1. The van der Waals surface area contributed by atoms with E-state index in [0.717, 1.165) is 11.1 Å². The maximum absolute atomic E-state index is 12.5. The summed E-state index contributed by atoms with van der Waals surface area (Å²) in [6.45, 7) is 0.492. The molecule has 1 amide bonds. The maximum Gasteiger partial charge on any atom is 0.346 e. The summed E-state index contributed by atoms with van der Waals surface area (Å²) in [6, 6.07) is 6.70. The molecule has 0 aliphatic carbocycles. The van der Waals surface area contributed by atoms with E-state index < -0.39 is 21.6 Å². The number of carbonyl (C=O) groups is 1. The minimum atomic E-state index is -3.30. The van der Waals surface area contributed by atoms with Gasteiger partial charge in [-0.15, -0.1) is 0 Å². The number of anilines is 1. The first kappa shape index (κ1) is 20.6. The Bertz CT molecular complexity index is 1050. The molecule has 0 saturated carbocycles. The van der Waals surface area contributed by atoms with Crippen molar-refractivity contribution in [1.29, 1.82) is 0 Å². The number of aromatic nitrogens is 3. The van der Waals surface area contributed by atoms with Gasteiger partial charge < -0.3 is 5.32 Å². The fourth-order valence-electron chi connectivity index (χ4n) is 3.32. The normalized spacial score (nSPS) is 18.2. The van der Waals surface area contributed by atoms with Crippen LogP contribution in [0.2, 0.25) is 5.02 Å². The molecule has 28 heavy (non-hydrogen) atoms. The van der Waals surface area contributed by atoms with Gasteiger partial charge in [-0.1, -0.05) is 17.7 Å². The van der Waals surface area contributed by atoms with Gasteiger partial charge in [0.05, 0.1) is 6.26 Å². The average molecular weight is 428 g/mol. The van der Waals surface area contributed by atoms with Gasteiger partial charge in [-0.2, -0.15) is 5.10 Å². The number of sulfonamides is 1. The molecule has 2 heterocycles. The summed E-state index contributed by atoms with van der Waals surface area (Å²) in [5.41, 5.74) is 0.102. The van der Waals surface area contributed by atoms with Crippen molar-refractivity contribution < 1.29 is 13.2 Å². The zero-order valence-electron chi connectivity index (χ0n) is 15.6. The molecule has 1 fully saturated rings. The van der Waals surface area contributed by atoms with Crippen LogP contribution in [0.5, 0.6) is 0 Å². The average Bonchev–Trinajstić information content (AvgIpc) is 2.89. The van der Waals surface area contributed by atoms with Crippen molar-refractivity contribution >= 4 is 33.2 Å². The second-order valence-electron chi connectivity index (χ2n) is 6.88. The van der Waals surface area contributed by atoms with Crippen molar-refractivity contribution in [2.75, 3.05) is 24.7 Å². The van der Waals surface area contributed by atoms with E-state index in [1.165, 1.54) is 15.1 Å². The molecule has 9 nitrogen and oxygen atoms in total. The Labute approximate surface area is 168 Å². The molecule has 1 atom stereocenters. The van der Waals surface area contributed by atoms with Crippen LogP contribution in [0.3, 0.4) is 0 Å². The zero-order chi connectivity index (χ0) is 20.5. The standard InChI is InChI=1S/C17H22ClN5O4S/c1-21-16(12-5-4-8-22(10-12)28(2,26)27)20-23(17(21)25)11-15(24)19-14-7-3-6-13(18)9-14/h3,6-7,9,12H,4-5,8,10-11H2,1-2H3,(H,19,24). The van der Waals surface area contributed by atoms with Gasteiger partial charge in [0, 0.05) is 36.8 Å². The molecule has 1 saturated heterocycles. The number of rotatable bonds is 5. The minimum absolute atomic E-state index is 0.196. The quantitative estimate of drug-likeness (QED) is 0.766. The van der Waals surface area contributed by atoms with E-state index in [0.29, 0.717) is 29.5 Å². The predicted molar refractivity (Wildman–Crippen MR) is 106 cm³/mol. The zero-order valence-corrected chi connectivity index (χ0v) is 17.2. The number of carbonyl (C=O) groups excluding carboxylic acids is 1. The fourth-order valence-corrected chi connectivity index (χ4v) is 4.42. The molecule has 1 aromatic carbocycles. The molecule has 152 valence electrons. The third-order valence-corrected chi connectivity index (χ3v) is 6.20. The van der Waals surface area contributed by atoms with E-state index >= 15 is 0 Å². The van der Waals surface area contributed by atoms with E-state index in [1.807, 2.05) is 0 Å². The molecule has 1 aliphatic heterocycles. The third-order valence-electron chi connectivity index (χ3n) is 4.69. The van der Waals surface area contributed by atoms with E-state index in [1.54, 1.807) is 31.3 Å². The van der Waals surface area contributed by atoms with Crippen LogP contribution in [0.1, 0.15) is 24.6 Å². The SMILES string of the molecule is Cn1c(C2CCCN(S(C)(=O)=O)C2)nn(CC(=O)Nc2cccc(Cl)c2)c1=O. The summed E-state index contributed by atoms with van der Waals surface area (Å²) in [4.78, 5) is 24.8. The van der Waals surface area contributed by atoms with Gasteiger partial charge in [0.15, 0.2) is 0 Å². The molecular weight excluding hydrogens is 406 g/mol. The third kappa shape index (κ3) is 4.62. The Morgan fingerprint density at radius 3 is 2.82 bits per heavy atom. The van der Waals surface area contributed by atoms with Crippen molar-refractivity contribution in [3.63, 3.8) is 0 Å². The molecule has 1 aromatic heterocycles. The second-order valence-corrected chi connectivity index (χ2v) is 9.29. The van der Waals surface area contributed by atoms with Crippen LogP contribution in [0, 0.1) is 0 Å². The van der Waals surface area contributed by atoms with Gasteiger partial charge in [0.25, 0.3) is 0 Å². The predicted octanol–water partition coefficient (Wildman–Crippen LogP) is 1.01. The molecule has 1 unspecified atom stereocenters. The van der Waals surface area contributed by atoms with Crippen molar-refractivity contribution in [3.8, 4) is 0 Å². The van der Waals surface area contributed by atoms with Crippen molar-refractivity contribution in [3.05, 3.63) is 45.6 Å². The number of nitrogens with zero attached hydrogens (tertiary/aromatic N) is 4. The summed E-state index contributed by atoms with van der Waals surface area (Å²) in [6.07, 6.45) is 2.59. The van der Waals surface area contributed by atoms with Crippen LogP contribution in [0.15, 0.2) is 29.1 Å². The molecule has 0 bridgehead atoms. The highest BCUT2D eigenvalue weighted by atomic mass is 35.5. The first-order chi connectivity index (χ1) is 13.1. The fraction of sp³-hybridized carbons (Fsp3) is 0.471. The summed E-state index contributed by atoms with van der Waals surface area (Å²) >= 11 is 5.90. The Kier molecular flexibility index (Phi) is 5.92. The number of amides is 1. The molecule has 0 radical (unpaired) electrons. The molecule has 0 spiro atoms. The van der Waals surface area contributed by atoms with Gasteiger partial charge in [0.1, 0.15) is 12.4 Å². The van der Waals surface area contributed by atoms with Crippen LogP contribution >= 0.6 is 11.6 Å². The molecule has 11 heteroatoms. The van der Waals surface area contributed by atoms with Crippen LogP contribution in [0.4, 0.5) is 5.69 Å². The van der Waals surface area contributed by atoms with Gasteiger partial charge in [-0.05, 0) is 31.0 Å². The van der Waals surface area contributed by atoms with Crippen LogP contribution < -0.4 is 11.0 Å². The van der Waals surface area contributed by atoms with Crippen molar-refractivity contribution in [2.24, 2.45) is 7.05 Å². The van der Waals surface area contributed by atoms with Crippen LogP contribution in [-0.4, -0.2) is 52.3 Å². The number of hydrogen-bond donors (Lipinski definition) is 1. The first-order valence-corrected chi connectivity index (χ1v) is 11.0. The van der Waals surface area contributed by atoms with Gasteiger partial charge in [0.2, 0.25) is 15.9 Å². The highest BCUT2D eigenvalue weighted by Gasteiger charge is 2.30. The minimum Gasteiger partial charge on any atom is -0.324 e. The van der Waals surface area contributed by atoms with Crippen molar-refractivity contribution in [1.82, 2.24) is 18.7 Å². The molecular formula is C17H22ClN5O4S. The molecule has 3 rings (SSSR count). The van der Waals surface area contributed by atoms with Crippen LogP contribution in [-0.2, 0) is 28.4 Å². The van der Waals surface area contributed by atoms with E-state index in [4.69, 9.17) is 11.6 Å². The summed E-state index contributed by atoms with van der Waals surface area (Å²) < 4.78 is 27.5. The largest absolute Gasteiger partial charge is 0.346 e. The molecule has 2 aromatic rings. The lowest BCUT2D eigenvalue weighted by molar-refractivity contribution is -0.117. The lowest BCUT2D eigenvalue weighted by atomic mass is 9.99. The summed E-state index contributed by atoms with van der Waals surface area (Å²) in [7, 11) is -1.72. The summed E-state index contributed by atoms with van der Waals surface area (Å²) in [5.74, 6) is -0.122. The number of hydrogen-bond acceptors (Lipinski definition) is 5. The monoisotopic (exact) mass is 427 g/mol. The highest BCUT2D eigenvalue weighted by Crippen LogP contribution is 2.26. The van der Waals surface area contributed by atoms with E-state index in [2.05, 4.69) is 10.4 Å². The van der Waals surface area contributed by atoms with Gasteiger partial charge in [-0.25, -0.2) is 22.2 Å². The molecule has 1 aliphatic rings. The summed E-state index contributed by atoms with van der Waals surface area (Å²) in [5, 5.41) is 7.47. The Balaban J connectivity index is 1.76. The second kappa shape index (κ2) is 8.06. The van der Waals surface area contributed by atoms with Gasteiger partial charge >= 0.3 is 5.69 Å². The van der Waals surface area contributed by atoms with Crippen LogP contribution in [0.25, 0.3) is 0 Å². The lowest BCUT2D eigenvalue weighted by Crippen LogP contribution is -2.39. The Morgan fingerprint density at radius 1 is 1.39 bits per heavy atom. The highest BCUT2D eigenvalue weighted by molar-refractivity contribution is 7.88. The number of halogens is 1. The smallest absolute Gasteiger partial charge is 0.324 e. The molecule has 1 N–H and O–H groups in total. The van der Waals surface area contributed by atoms with E-state index in [9.17, 15) is 18.0 Å². The van der Waals surface area contributed by atoms with Gasteiger partial charge in [-0.3, -0.25) is 9.36 Å². The van der Waals surface area contributed by atoms with Crippen molar-refractivity contribution in [2.45, 2.75) is 25.3 Å². The topological polar surface area (TPSA) is 106 Å².